The summed E-state index contributed by atoms with van der Waals surface area (Å²) in [6, 6.07) is 14.1. The Bertz CT molecular complexity index is 1230. The van der Waals surface area contributed by atoms with Crippen LogP contribution >= 0.6 is 0 Å². The number of aliphatic carboxylic acids is 1. The summed E-state index contributed by atoms with van der Waals surface area (Å²) in [5.41, 5.74) is 1.73. The zero-order chi connectivity index (χ0) is 24.6. The molecule has 0 radical (unpaired) electrons. The van der Waals surface area contributed by atoms with Crippen LogP contribution in [0.5, 0.6) is 11.5 Å². The maximum Gasteiger partial charge on any atom is 0.307 e. The number of carboxylic acid groups (broad SMARTS) is 1. The standard InChI is InChI=1S/C27H29NO6/c1-15(2)14-33-24-19-7-5-6-8-20(19)25(34-16(3)4)23-22(24)26(31)28(27(23)32)18-11-9-17(10-12-18)13-21(29)30/h5-12,15-16,26,31H,13-14H2,1-4H3,(H,29,30). The van der Waals surface area contributed by atoms with E-state index in [1.54, 1.807) is 24.3 Å². The molecule has 1 atom stereocenters. The van der Waals surface area contributed by atoms with Crippen molar-refractivity contribution < 1.29 is 29.3 Å². The molecule has 1 aliphatic rings. The average Bonchev–Trinajstić information content (AvgIpc) is 3.03. The van der Waals surface area contributed by atoms with Crippen LogP contribution in [-0.4, -0.2) is 34.8 Å². The van der Waals surface area contributed by atoms with Crippen LogP contribution in [0.15, 0.2) is 48.5 Å². The second-order valence-corrected chi connectivity index (χ2v) is 9.15. The number of fused-ring (bicyclic) bond motifs is 2. The fraction of sp³-hybridized carbons (Fsp3) is 0.333. The van der Waals surface area contributed by atoms with E-state index in [-0.39, 0.29) is 24.0 Å². The summed E-state index contributed by atoms with van der Waals surface area (Å²) < 4.78 is 12.3. The lowest BCUT2D eigenvalue weighted by molar-refractivity contribution is -0.136. The van der Waals surface area contributed by atoms with Crippen LogP contribution in [0.25, 0.3) is 10.8 Å². The smallest absolute Gasteiger partial charge is 0.307 e. The van der Waals surface area contributed by atoms with E-state index in [0.717, 1.165) is 10.8 Å². The number of aliphatic hydroxyl groups is 1. The van der Waals surface area contributed by atoms with E-state index in [9.17, 15) is 14.7 Å². The van der Waals surface area contributed by atoms with E-state index in [0.29, 0.717) is 34.9 Å². The Morgan fingerprint density at radius 1 is 1.00 bits per heavy atom. The fourth-order valence-electron chi connectivity index (χ4n) is 4.19. The zero-order valence-electron chi connectivity index (χ0n) is 19.7. The van der Waals surface area contributed by atoms with Gasteiger partial charge in [-0.3, -0.25) is 14.5 Å². The molecule has 7 nitrogen and oxygen atoms in total. The third-order valence-electron chi connectivity index (χ3n) is 5.58. The molecular weight excluding hydrogens is 434 g/mol. The van der Waals surface area contributed by atoms with E-state index >= 15 is 0 Å². The van der Waals surface area contributed by atoms with Gasteiger partial charge < -0.3 is 19.7 Å². The lowest BCUT2D eigenvalue weighted by atomic mass is 9.98. The van der Waals surface area contributed by atoms with E-state index in [2.05, 4.69) is 0 Å². The molecule has 0 aromatic heterocycles. The van der Waals surface area contributed by atoms with Gasteiger partial charge in [0.15, 0.2) is 6.23 Å². The first-order valence-corrected chi connectivity index (χ1v) is 11.4. The van der Waals surface area contributed by atoms with Gasteiger partial charge in [-0.1, -0.05) is 50.2 Å². The SMILES string of the molecule is CC(C)COc1c2c(c(OC(C)C)c3ccccc13)C(=O)N(c1ccc(CC(=O)O)cc1)C2O. The van der Waals surface area contributed by atoms with Crippen molar-refractivity contribution in [3.63, 3.8) is 0 Å². The van der Waals surface area contributed by atoms with Crippen molar-refractivity contribution in [3.8, 4) is 11.5 Å². The minimum Gasteiger partial charge on any atom is -0.492 e. The highest BCUT2D eigenvalue weighted by Gasteiger charge is 2.43. The molecule has 1 heterocycles. The number of benzene rings is 3. The van der Waals surface area contributed by atoms with Crippen LogP contribution in [0, 0.1) is 5.92 Å². The van der Waals surface area contributed by atoms with Gasteiger partial charge in [0.05, 0.1) is 30.3 Å². The minimum absolute atomic E-state index is 0.123. The highest BCUT2D eigenvalue weighted by Crippen LogP contribution is 2.50. The van der Waals surface area contributed by atoms with Crippen molar-refractivity contribution in [1.82, 2.24) is 0 Å². The maximum atomic E-state index is 13.7. The second-order valence-electron chi connectivity index (χ2n) is 9.15. The van der Waals surface area contributed by atoms with Crippen molar-refractivity contribution in [2.75, 3.05) is 11.5 Å². The van der Waals surface area contributed by atoms with Gasteiger partial charge in [-0.15, -0.1) is 0 Å². The molecule has 7 heteroatoms. The largest absolute Gasteiger partial charge is 0.492 e. The van der Waals surface area contributed by atoms with Gasteiger partial charge in [0.25, 0.3) is 5.91 Å². The third kappa shape index (κ3) is 4.31. The van der Waals surface area contributed by atoms with E-state index in [4.69, 9.17) is 14.6 Å². The van der Waals surface area contributed by atoms with Gasteiger partial charge in [0, 0.05) is 16.5 Å². The number of carbonyl (C=O) groups excluding carboxylic acids is 1. The molecule has 0 spiro atoms. The lowest BCUT2D eigenvalue weighted by Crippen LogP contribution is -2.27. The third-order valence-corrected chi connectivity index (χ3v) is 5.58. The van der Waals surface area contributed by atoms with Crippen LogP contribution in [0.3, 0.4) is 0 Å². The van der Waals surface area contributed by atoms with Gasteiger partial charge >= 0.3 is 5.97 Å². The highest BCUT2D eigenvalue weighted by atomic mass is 16.5. The molecule has 0 saturated carbocycles. The predicted molar refractivity (Wildman–Crippen MR) is 130 cm³/mol. The number of rotatable bonds is 8. The lowest BCUT2D eigenvalue weighted by Gasteiger charge is -2.22. The average molecular weight is 464 g/mol. The van der Waals surface area contributed by atoms with Gasteiger partial charge in [0.1, 0.15) is 11.5 Å². The number of anilines is 1. The molecule has 1 aliphatic heterocycles. The Morgan fingerprint density at radius 3 is 2.18 bits per heavy atom. The van der Waals surface area contributed by atoms with E-state index in [1.165, 1.54) is 4.90 Å². The molecule has 178 valence electrons. The van der Waals surface area contributed by atoms with Crippen LogP contribution < -0.4 is 14.4 Å². The summed E-state index contributed by atoms with van der Waals surface area (Å²) in [4.78, 5) is 26.1. The van der Waals surface area contributed by atoms with Crippen LogP contribution in [-0.2, 0) is 11.2 Å². The summed E-state index contributed by atoms with van der Waals surface area (Å²) in [7, 11) is 0. The molecule has 3 aromatic carbocycles. The Morgan fingerprint density at radius 2 is 1.62 bits per heavy atom. The van der Waals surface area contributed by atoms with Crippen molar-refractivity contribution in [1.29, 1.82) is 0 Å². The van der Waals surface area contributed by atoms with E-state index in [1.807, 2.05) is 52.0 Å². The molecule has 1 amide bonds. The van der Waals surface area contributed by atoms with Crippen molar-refractivity contribution in [3.05, 3.63) is 65.2 Å². The summed E-state index contributed by atoms with van der Waals surface area (Å²) >= 11 is 0. The molecule has 0 saturated heterocycles. The Balaban J connectivity index is 1.90. The van der Waals surface area contributed by atoms with Crippen LogP contribution in [0.4, 0.5) is 5.69 Å². The molecule has 2 N–H and O–H groups in total. The number of aliphatic hydroxyl groups excluding tert-OH is 1. The number of carbonyl (C=O) groups is 2. The number of carboxylic acids is 1. The Labute approximate surface area is 198 Å². The molecule has 1 unspecified atom stereocenters. The monoisotopic (exact) mass is 463 g/mol. The summed E-state index contributed by atoms with van der Waals surface area (Å²) in [5, 5.41) is 22.0. The predicted octanol–water partition coefficient (Wildman–Crippen LogP) is 4.94. The molecule has 0 fully saturated rings. The van der Waals surface area contributed by atoms with Crippen molar-refractivity contribution >= 4 is 28.3 Å². The Hall–Kier alpha value is -3.58. The number of nitrogens with zero attached hydrogens (tertiary/aromatic N) is 1. The first-order valence-electron chi connectivity index (χ1n) is 11.4. The number of hydrogen-bond acceptors (Lipinski definition) is 5. The summed E-state index contributed by atoms with van der Waals surface area (Å²) in [6.07, 6.45) is -1.60. The minimum atomic E-state index is -1.28. The summed E-state index contributed by atoms with van der Waals surface area (Å²) in [5.74, 6) is -0.197. The number of amides is 1. The molecule has 4 rings (SSSR count). The fourth-order valence-corrected chi connectivity index (χ4v) is 4.19. The normalized spacial score (nSPS) is 15.3. The quantitative estimate of drug-likeness (QED) is 0.491. The first kappa shape index (κ1) is 23.6. The maximum absolute atomic E-state index is 13.7. The molecule has 0 aliphatic carbocycles. The van der Waals surface area contributed by atoms with Crippen molar-refractivity contribution in [2.45, 2.75) is 46.4 Å². The van der Waals surface area contributed by atoms with Gasteiger partial charge in [-0.25, -0.2) is 0 Å². The van der Waals surface area contributed by atoms with E-state index < -0.39 is 18.1 Å². The topological polar surface area (TPSA) is 96.3 Å². The zero-order valence-corrected chi connectivity index (χ0v) is 19.7. The Kier molecular flexibility index (Phi) is 6.48. The van der Waals surface area contributed by atoms with Gasteiger partial charge in [-0.2, -0.15) is 0 Å². The number of ether oxygens (including phenoxy) is 2. The molecule has 34 heavy (non-hydrogen) atoms. The number of hydrogen-bond donors (Lipinski definition) is 2. The molecule has 0 bridgehead atoms. The molecular formula is C27H29NO6. The highest BCUT2D eigenvalue weighted by molar-refractivity contribution is 6.17. The van der Waals surface area contributed by atoms with Gasteiger partial charge in [0.2, 0.25) is 0 Å². The van der Waals surface area contributed by atoms with Crippen LogP contribution in [0.1, 0.15) is 55.4 Å². The van der Waals surface area contributed by atoms with Gasteiger partial charge in [-0.05, 0) is 37.5 Å². The molecule has 3 aromatic rings. The van der Waals surface area contributed by atoms with Crippen LogP contribution in [0.2, 0.25) is 0 Å². The second kappa shape index (κ2) is 9.35. The first-order chi connectivity index (χ1) is 16.2. The van der Waals surface area contributed by atoms with Crippen molar-refractivity contribution in [2.24, 2.45) is 5.92 Å². The summed E-state index contributed by atoms with van der Waals surface area (Å²) in [6.45, 7) is 8.26.